The summed E-state index contributed by atoms with van der Waals surface area (Å²) in [5, 5.41) is 5.80. The van der Waals surface area contributed by atoms with Crippen molar-refractivity contribution in [3.63, 3.8) is 0 Å². The van der Waals surface area contributed by atoms with Crippen LogP contribution in [-0.2, 0) is 4.79 Å². The molecule has 0 spiro atoms. The van der Waals surface area contributed by atoms with Gasteiger partial charge >= 0.3 is 0 Å². The average molecular weight is 170 g/mol. The lowest BCUT2D eigenvalue weighted by Gasteiger charge is -2.08. The summed E-state index contributed by atoms with van der Waals surface area (Å²) < 4.78 is 0. The van der Waals surface area contributed by atoms with Gasteiger partial charge in [-0.25, -0.2) is 0 Å². The van der Waals surface area contributed by atoms with Crippen LogP contribution in [0.2, 0.25) is 0 Å². The molecule has 0 fully saturated rings. The molecule has 0 saturated heterocycles. The fourth-order valence-electron chi connectivity index (χ4n) is 0.779. The lowest BCUT2D eigenvalue weighted by molar-refractivity contribution is -0.120. The standard InChI is InChI=1S/C9H18N2O/c1-4-5-6-10-7-9(12)11-8(2)3/h4,8,10H,1,5-7H2,2-3H3,(H,11,12). The van der Waals surface area contributed by atoms with Gasteiger partial charge in [-0.05, 0) is 26.8 Å². The van der Waals surface area contributed by atoms with Crippen molar-refractivity contribution in [2.45, 2.75) is 26.3 Å². The maximum Gasteiger partial charge on any atom is 0.234 e. The van der Waals surface area contributed by atoms with Crippen molar-refractivity contribution in [2.75, 3.05) is 13.1 Å². The van der Waals surface area contributed by atoms with Crippen molar-refractivity contribution in [2.24, 2.45) is 0 Å². The van der Waals surface area contributed by atoms with E-state index < -0.39 is 0 Å². The molecule has 1 amide bonds. The van der Waals surface area contributed by atoms with Gasteiger partial charge in [0.25, 0.3) is 0 Å². The molecule has 0 bridgehead atoms. The van der Waals surface area contributed by atoms with Crippen LogP contribution < -0.4 is 10.6 Å². The average Bonchev–Trinajstić information content (AvgIpc) is 1.97. The molecule has 0 aliphatic carbocycles. The van der Waals surface area contributed by atoms with Crippen LogP contribution in [0, 0.1) is 0 Å². The summed E-state index contributed by atoms with van der Waals surface area (Å²) >= 11 is 0. The lowest BCUT2D eigenvalue weighted by Crippen LogP contribution is -2.37. The van der Waals surface area contributed by atoms with E-state index in [4.69, 9.17) is 0 Å². The molecule has 0 aliphatic heterocycles. The molecule has 12 heavy (non-hydrogen) atoms. The molecule has 0 aromatic heterocycles. The second-order valence-corrected chi connectivity index (χ2v) is 2.98. The highest BCUT2D eigenvalue weighted by molar-refractivity contribution is 5.78. The number of nitrogens with one attached hydrogen (secondary N) is 2. The van der Waals surface area contributed by atoms with Gasteiger partial charge in [-0.2, -0.15) is 0 Å². The van der Waals surface area contributed by atoms with E-state index in [2.05, 4.69) is 17.2 Å². The zero-order valence-electron chi connectivity index (χ0n) is 7.89. The molecule has 2 N–H and O–H groups in total. The first kappa shape index (κ1) is 11.2. The third kappa shape index (κ3) is 7.28. The quantitative estimate of drug-likeness (QED) is 0.454. The first-order valence-corrected chi connectivity index (χ1v) is 4.27. The Kier molecular flexibility index (Phi) is 6.38. The zero-order valence-corrected chi connectivity index (χ0v) is 7.89. The summed E-state index contributed by atoms with van der Waals surface area (Å²) in [7, 11) is 0. The highest BCUT2D eigenvalue weighted by Crippen LogP contribution is 1.77. The van der Waals surface area contributed by atoms with Crippen LogP contribution >= 0.6 is 0 Å². The SMILES string of the molecule is C=CCCNCC(=O)NC(C)C. The van der Waals surface area contributed by atoms with Crippen LogP contribution in [0.1, 0.15) is 20.3 Å². The third-order valence-electron chi connectivity index (χ3n) is 1.26. The van der Waals surface area contributed by atoms with Crippen molar-refractivity contribution in [1.82, 2.24) is 10.6 Å². The van der Waals surface area contributed by atoms with E-state index >= 15 is 0 Å². The minimum Gasteiger partial charge on any atom is -0.353 e. The number of amides is 1. The Bertz CT molecular complexity index is 143. The van der Waals surface area contributed by atoms with Gasteiger partial charge in [-0.1, -0.05) is 6.08 Å². The Morgan fingerprint density at radius 2 is 2.25 bits per heavy atom. The van der Waals surface area contributed by atoms with Gasteiger partial charge in [0.2, 0.25) is 5.91 Å². The highest BCUT2D eigenvalue weighted by atomic mass is 16.1. The molecule has 0 saturated carbocycles. The maximum atomic E-state index is 11.0. The largest absolute Gasteiger partial charge is 0.353 e. The molecule has 3 nitrogen and oxygen atoms in total. The van der Waals surface area contributed by atoms with Crippen LogP contribution in [0.25, 0.3) is 0 Å². The maximum absolute atomic E-state index is 11.0. The molecule has 70 valence electrons. The molecule has 0 heterocycles. The van der Waals surface area contributed by atoms with Gasteiger partial charge in [0.1, 0.15) is 0 Å². The summed E-state index contributed by atoms with van der Waals surface area (Å²) in [6, 6.07) is 0.221. The molecule has 0 atom stereocenters. The molecule has 0 radical (unpaired) electrons. The highest BCUT2D eigenvalue weighted by Gasteiger charge is 2.00. The van der Waals surface area contributed by atoms with Gasteiger partial charge in [0, 0.05) is 6.04 Å². The molecule has 0 aliphatic rings. The molecular weight excluding hydrogens is 152 g/mol. The van der Waals surface area contributed by atoms with Gasteiger partial charge < -0.3 is 10.6 Å². The fraction of sp³-hybridized carbons (Fsp3) is 0.667. The minimum absolute atomic E-state index is 0.0501. The summed E-state index contributed by atoms with van der Waals surface area (Å²) in [4.78, 5) is 11.0. The van der Waals surface area contributed by atoms with Crippen molar-refractivity contribution < 1.29 is 4.79 Å². The van der Waals surface area contributed by atoms with Gasteiger partial charge in [0.05, 0.1) is 6.54 Å². The third-order valence-corrected chi connectivity index (χ3v) is 1.26. The number of rotatable bonds is 6. The summed E-state index contributed by atoms with van der Waals surface area (Å²) in [6.45, 7) is 8.69. The van der Waals surface area contributed by atoms with Crippen LogP contribution in [0.5, 0.6) is 0 Å². The molecule has 0 rings (SSSR count). The first-order chi connectivity index (χ1) is 5.66. The Balaban J connectivity index is 3.25. The van der Waals surface area contributed by atoms with E-state index in [1.165, 1.54) is 0 Å². The first-order valence-electron chi connectivity index (χ1n) is 4.27. The molecule has 0 aromatic rings. The number of carbonyl (C=O) groups is 1. The predicted octanol–water partition coefficient (Wildman–Crippen LogP) is 0.677. The molecule has 0 aromatic carbocycles. The van der Waals surface area contributed by atoms with Gasteiger partial charge in [-0.15, -0.1) is 6.58 Å². The number of hydrogen-bond donors (Lipinski definition) is 2. The second-order valence-electron chi connectivity index (χ2n) is 2.98. The van der Waals surface area contributed by atoms with E-state index in [-0.39, 0.29) is 11.9 Å². The summed E-state index contributed by atoms with van der Waals surface area (Å²) in [6.07, 6.45) is 2.72. The van der Waals surface area contributed by atoms with E-state index in [0.29, 0.717) is 6.54 Å². The van der Waals surface area contributed by atoms with Crippen LogP contribution in [0.3, 0.4) is 0 Å². The van der Waals surface area contributed by atoms with Crippen molar-refractivity contribution in [3.8, 4) is 0 Å². The van der Waals surface area contributed by atoms with Crippen molar-refractivity contribution in [1.29, 1.82) is 0 Å². The van der Waals surface area contributed by atoms with Gasteiger partial charge in [-0.3, -0.25) is 4.79 Å². The Hall–Kier alpha value is -0.830. The second kappa shape index (κ2) is 6.85. The van der Waals surface area contributed by atoms with Gasteiger partial charge in [0.15, 0.2) is 0 Å². The van der Waals surface area contributed by atoms with Crippen LogP contribution in [-0.4, -0.2) is 25.0 Å². The Morgan fingerprint density at radius 1 is 1.58 bits per heavy atom. The van der Waals surface area contributed by atoms with Crippen molar-refractivity contribution in [3.05, 3.63) is 12.7 Å². The van der Waals surface area contributed by atoms with E-state index in [0.717, 1.165) is 13.0 Å². The van der Waals surface area contributed by atoms with Crippen LogP contribution in [0.15, 0.2) is 12.7 Å². The Morgan fingerprint density at radius 3 is 2.75 bits per heavy atom. The normalized spacial score (nSPS) is 9.92. The lowest BCUT2D eigenvalue weighted by atomic mass is 10.4. The smallest absolute Gasteiger partial charge is 0.234 e. The van der Waals surface area contributed by atoms with Crippen LogP contribution in [0.4, 0.5) is 0 Å². The summed E-state index contributed by atoms with van der Waals surface area (Å²) in [5.41, 5.74) is 0. The minimum atomic E-state index is 0.0501. The van der Waals surface area contributed by atoms with E-state index in [1.807, 2.05) is 19.9 Å². The van der Waals surface area contributed by atoms with Crippen molar-refractivity contribution >= 4 is 5.91 Å². The van der Waals surface area contributed by atoms with E-state index in [1.54, 1.807) is 0 Å². The zero-order chi connectivity index (χ0) is 9.40. The topological polar surface area (TPSA) is 41.1 Å². The fourth-order valence-corrected chi connectivity index (χ4v) is 0.779. The number of hydrogen-bond acceptors (Lipinski definition) is 2. The summed E-state index contributed by atoms with van der Waals surface area (Å²) in [5.74, 6) is 0.0501. The molecule has 3 heteroatoms. The van der Waals surface area contributed by atoms with E-state index in [9.17, 15) is 4.79 Å². The Labute approximate surface area is 74.2 Å². The molecule has 0 unspecified atom stereocenters. The number of carbonyl (C=O) groups excluding carboxylic acids is 1. The monoisotopic (exact) mass is 170 g/mol. The molecular formula is C9H18N2O. The predicted molar refractivity (Wildman–Crippen MR) is 51.0 cm³/mol.